The van der Waals surface area contributed by atoms with Crippen molar-refractivity contribution in [3.63, 3.8) is 0 Å². The molecule has 0 saturated carbocycles. The van der Waals surface area contributed by atoms with Crippen molar-refractivity contribution in [3.8, 4) is 0 Å². The molecule has 1 saturated heterocycles. The van der Waals surface area contributed by atoms with Gasteiger partial charge in [0.15, 0.2) is 0 Å². The van der Waals surface area contributed by atoms with Gasteiger partial charge in [0.2, 0.25) is 0 Å². The summed E-state index contributed by atoms with van der Waals surface area (Å²) in [6, 6.07) is 17.2. The number of morpholine rings is 1. The van der Waals surface area contributed by atoms with E-state index in [4.69, 9.17) is 9.47 Å². The Bertz CT molecular complexity index is 604. The second-order valence-corrected chi connectivity index (χ2v) is 5.21. The summed E-state index contributed by atoms with van der Waals surface area (Å²) < 4.78 is 10.7. The van der Waals surface area contributed by atoms with Crippen molar-refractivity contribution in [2.24, 2.45) is 0 Å². The SMILES string of the molecule is O=C(OCc1ccccc1)c1ccc(N2CCOCC2)cc1. The van der Waals surface area contributed by atoms with Crippen LogP contribution < -0.4 is 4.90 Å². The first-order valence-corrected chi connectivity index (χ1v) is 7.47. The molecule has 0 bridgehead atoms. The summed E-state index contributed by atoms with van der Waals surface area (Å²) in [6.45, 7) is 3.57. The van der Waals surface area contributed by atoms with Crippen LogP contribution >= 0.6 is 0 Å². The summed E-state index contributed by atoms with van der Waals surface area (Å²) in [5, 5.41) is 0. The van der Waals surface area contributed by atoms with Crippen LogP contribution in [-0.2, 0) is 16.1 Å². The van der Waals surface area contributed by atoms with Crippen LogP contribution in [0.15, 0.2) is 54.6 Å². The molecule has 114 valence electrons. The van der Waals surface area contributed by atoms with E-state index in [9.17, 15) is 4.79 Å². The maximum atomic E-state index is 12.0. The number of carbonyl (C=O) groups is 1. The number of anilines is 1. The van der Waals surface area contributed by atoms with Crippen LogP contribution in [0, 0.1) is 0 Å². The Balaban J connectivity index is 1.58. The van der Waals surface area contributed by atoms with E-state index in [1.807, 2.05) is 54.6 Å². The molecular weight excluding hydrogens is 278 g/mol. The van der Waals surface area contributed by atoms with E-state index < -0.39 is 0 Å². The van der Waals surface area contributed by atoms with E-state index in [2.05, 4.69) is 4.90 Å². The lowest BCUT2D eigenvalue weighted by atomic mass is 10.2. The Morgan fingerprint density at radius 2 is 1.68 bits per heavy atom. The van der Waals surface area contributed by atoms with Crippen molar-refractivity contribution < 1.29 is 14.3 Å². The number of nitrogens with zero attached hydrogens (tertiary/aromatic N) is 1. The molecule has 4 nitrogen and oxygen atoms in total. The fraction of sp³-hybridized carbons (Fsp3) is 0.278. The van der Waals surface area contributed by atoms with Crippen LogP contribution in [0.5, 0.6) is 0 Å². The molecule has 1 fully saturated rings. The summed E-state index contributed by atoms with van der Waals surface area (Å²) >= 11 is 0. The highest BCUT2D eigenvalue weighted by Crippen LogP contribution is 2.17. The summed E-state index contributed by atoms with van der Waals surface area (Å²) in [5.41, 5.74) is 2.68. The molecule has 22 heavy (non-hydrogen) atoms. The highest BCUT2D eigenvalue weighted by atomic mass is 16.5. The van der Waals surface area contributed by atoms with Gasteiger partial charge < -0.3 is 14.4 Å². The normalized spacial score (nSPS) is 14.6. The molecule has 1 aliphatic rings. The van der Waals surface area contributed by atoms with Crippen molar-refractivity contribution >= 4 is 11.7 Å². The van der Waals surface area contributed by atoms with Crippen molar-refractivity contribution in [1.82, 2.24) is 0 Å². The Labute approximate surface area is 130 Å². The van der Waals surface area contributed by atoms with E-state index >= 15 is 0 Å². The standard InChI is InChI=1S/C18H19NO3/c20-18(22-14-15-4-2-1-3-5-15)16-6-8-17(9-7-16)19-10-12-21-13-11-19/h1-9H,10-14H2. The minimum atomic E-state index is -0.294. The van der Waals surface area contributed by atoms with Crippen LogP contribution in [0.4, 0.5) is 5.69 Å². The third-order valence-electron chi connectivity index (χ3n) is 3.69. The molecule has 1 heterocycles. The van der Waals surface area contributed by atoms with Crippen molar-refractivity contribution in [3.05, 3.63) is 65.7 Å². The summed E-state index contributed by atoms with van der Waals surface area (Å²) in [5.74, 6) is -0.294. The minimum Gasteiger partial charge on any atom is -0.457 e. The molecule has 0 atom stereocenters. The van der Waals surface area contributed by atoms with E-state index in [0.29, 0.717) is 12.2 Å². The largest absolute Gasteiger partial charge is 0.457 e. The number of esters is 1. The van der Waals surface area contributed by atoms with Gasteiger partial charge in [0.1, 0.15) is 6.61 Å². The molecule has 0 spiro atoms. The number of ether oxygens (including phenoxy) is 2. The summed E-state index contributed by atoms with van der Waals surface area (Å²) in [6.07, 6.45) is 0. The Hall–Kier alpha value is -2.33. The molecule has 2 aromatic rings. The molecular formula is C18H19NO3. The van der Waals surface area contributed by atoms with Gasteiger partial charge in [-0.25, -0.2) is 4.79 Å². The van der Waals surface area contributed by atoms with Crippen molar-refractivity contribution in [1.29, 1.82) is 0 Å². The molecule has 3 rings (SSSR count). The van der Waals surface area contributed by atoms with Gasteiger partial charge >= 0.3 is 5.97 Å². The predicted octanol–water partition coefficient (Wildman–Crippen LogP) is 2.88. The van der Waals surface area contributed by atoms with Gasteiger partial charge in [0.05, 0.1) is 18.8 Å². The van der Waals surface area contributed by atoms with Gasteiger partial charge in [-0.3, -0.25) is 0 Å². The topological polar surface area (TPSA) is 38.8 Å². The average Bonchev–Trinajstić information content (AvgIpc) is 2.61. The minimum absolute atomic E-state index is 0.294. The van der Waals surface area contributed by atoms with E-state index in [1.54, 1.807) is 0 Å². The van der Waals surface area contributed by atoms with E-state index in [1.165, 1.54) is 0 Å². The number of hydrogen-bond acceptors (Lipinski definition) is 4. The third kappa shape index (κ3) is 3.65. The van der Waals surface area contributed by atoms with Crippen LogP contribution in [0.25, 0.3) is 0 Å². The smallest absolute Gasteiger partial charge is 0.338 e. The van der Waals surface area contributed by atoms with Crippen molar-refractivity contribution in [2.75, 3.05) is 31.2 Å². The predicted molar refractivity (Wildman–Crippen MR) is 85.0 cm³/mol. The van der Waals surface area contributed by atoms with Gasteiger partial charge in [-0.2, -0.15) is 0 Å². The number of rotatable bonds is 4. The van der Waals surface area contributed by atoms with Gasteiger partial charge in [-0.15, -0.1) is 0 Å². The molecule has 0 N–H and O–H groups in total. The molecule has 0 amide bonds. The maximum Gasteiger partial charge on any atom is 0.338 e. The molecule has 0 aliphatic carbocycles. The summed E-state index contributed by atoms with van der Waals surface area (Å²) in [4.78, 5) is 14.3. The first-order valence-electron chi connectivity index (χ1n) is 7.47. The van der Waals surface area contributed by atoms with Crippen molar-refractivity contribution in [2.45, 2.75) is 6.61 Å². The van der Waals surface area contributed by atoms with Gasteiger partial charge in [0, 0.05) is 18.8 Å². The Kier molecular flexibility index (Phi) is 4.71. The Morgan fingerprint density at radius 1 is 1.00 bits per heavy atom. The monoisotopic (exact) mass is 297 g/mol. The zero-order valence-corrected chi connectivity index (χ0v) is 12.4. The average molecular weight is 297 g/mol. The fourth-order valence-electron chi connectivity index (χ4n) is 2.44. The zero-order chi connectivity index (χ0) is 15.2. The molecule has 0 unspecified atom stereocenters. The van der Waals surface area contributed by atoms with E-state index in [-0.39, 0.29) is 5.97 Å². The van der Waals surface area contributed by atoms with Gasteiger partial charge in [-0.1, -0.05) is 30.3 Å². The quantitative estimate of drug-likeness (QED) is 0.813. The number of benzene rings is 2. The first-order chi connectivity index (χ1) is 10.8. The Morgan fingerprint density at radius 3 is 2.36 bits per heavy atom. The van der Waals surface area contributed by atoms with Crippen LogP contribution in [0.2, 0.25) is 0 Å². The third-order valence-corrected chi connectivity index (χ3v) is 3.69. The molecule has 0 radical (unpaired) electrons. The number of carbonyl (C=O) groups excluding carboxylic acids is 1. The second-order valence-electron chi connectivity index (χ2n) is 5.21. The molecule has 0 aromatic heterocycles. The summed E-state index contributed by atoms with van der Waals surface area (Å²) in [7, 11) is 0. The first kappa shape index (κ1) is 14.6. The highest BCUT2D eigenvalue weighted by molar-refractivity contribution is 5.89. The molecule has 2 aromatic carbocycles. The van der Waals surface area contributed by atoms with Crippen LogP contribution in [0.1, 0.15) is 15.9 Å². The molecule has 1 aliphatic heterocycles. The van der Waals surface area contributed by atoms with Crippen LogP contribution in [-0.4, -0.2) is 32.3 Å². The van der Waals surface area contributed by atoms with Gasteiger partial charge in [-0.05, 0) is 29.8 Å². The van der Waals surface area contributed by atoms with Crippen LogP contribution in [0.3, 0.4) is 0 Å². The lowest BCUT2D eigenvalue weighted by Crippen LogP contribution is -2.36. The second kappa shape index (κ2) is 7.09. The maximum absolute atomic E-state index is 12.0. The lowest BCUT2D eigenvalue weighted by molar-refractivity contribution is 0.0472. The molecule has 4 heteroatoms. The van der Waals surface area contributed by atoms with Gasteiger partial charge in [0.25, 0.3) is 0 Å². The zero-order valence-electron chi connectivity index (χ0n) is 12.4. The number of hydrogen-bond donors (Lipinski definition) is 0. The fourth-order valence-corrected chi connectivity index (χ4v) is 2.44. The lowest BCUT2D eigenvalue weighted by Gasteiger charge is -2.28. The van der Waals surface area contributed by atoms with E-state index in [0.717, 1.165) is 37.6 Å². The highest BCUT2D eigenvalue weighted by Gasteiger charge is 2.12.